The summed E-state index contributed by atoms with van der Waals surface area (Å²) >= 11 is 0. The number of ether oxygens (including phenoxy) is 2. The van der Waals surface area contributed by atoms with E-state index in [1.807, 2.05) is 24.7 Å². The highest BCUT2D eigenvalue weighted by atomic mass is 16.6. The third-order valence-corrected chi connectivity index (χ3v) is 7.31. The highest BCUT2D eigenvalue weighted by molar-refractivity contribution is 5.56. The molecule has 0 fully saturated rings. The molecule has 3 aromatic rings. The highest BCUT2D eigenvalue weighted by Gasteiger charge is 2.30. The Bertz CT molecular complexity index is 1290. The molecule has 0 N–H and O–H groups in total. The van der Waals surface area contributed by atoms with E-state index in [1.54, 1.807) is 25.4 Å². The van der Waals surface area contributed by atoms with Gasteiger partial charge in [0.25, 0.3) is 5.69 Å². The summed E-state index contributed by atoms with van der Waals surface area (Å²) in [5, 5.41) is 11.8. The van der Waals surface area contributed by atoms with E-state index in [0.29, 0.717) is 25.2 Å². The van der Waals surface area contributed by atoms with Crippen molar-refractivity contribution in [2.24, 2.45) is 7.05 Å². The van der Waals surface area contributed by atoms with Gasteiger partial charge in [0.05, 0.1) is 12.0 Å². The molecule has 1 aromatic heterocycles. The van der Waals surface area contributed by atoms with Gasteiger partial charge in [0.1, 0.15) is 23.9 Å². The molecule has 0 spiro atoms. The molecule has 0 amide bonds. The van der Waals surface area contributed by atoms with Gasteiger partial charge in [-0.2, -0.15) is 0 Å². The lowest BCUT2D eigenvalue weighted by Crippen LogP contribution is -2.22. The summed E-state index contributed by atoms with van der Waals surface area (Å²) in [4.78, 5) is 15.9. The first-order valence-electron chi connectivity index (χ1n) is 13.4. The maximum atomic E-state index is 11.8. The molecule has 0 aliphatic carbocycles. The molecule has 0 radical (unpaired) electrons. The molecule has 0 atom stereocenters. The monoisotopic (exact) mass is 521 g/mol. The minimum Gasteiger partial charge on any atom is -0.496 e. The predicted molar refractivity (Wildman–Crippen MR) is 152 cm³/mol. The Balaban J connectivity index is 2.28. The fourth-order valence-electron chi connectivity index (χ4n) is 5.06. The van der Waals surface area contributed by atoms with E-state index in [-0.39, 0.29) is 21.4 Å². The van der Waals surface area contributed by atoms with E-state index >= 15 is 0 Å². The number of rotatable bonds is 11. The van der Waals surface area contributed by atoms with Gasteiger partial charge in [-0.05, 0) is 34.8 Å². The second-order valence-corrected chi connectivity index (χ2v) is 11.7. The summed E-state index contributed by atoms with van der Waals surface area (Å²) in [7, 11) is 3.58. The minimum absolute atomic E-state index is 0.0756. The number of aryl methyl sites for hydroxylation is 2. The van der Waals surface area contributed by atoms with Crippen LogP contribution in [0.5, 0.6) is 11.5 Å². The van der Waals surface area contributed by atoms with Crippen molar-refractivity contribution in [1.82, 2.24) is 9.55 Å². The van der Waals surface area contributed by atoms with Crippen LogP contribution in [-0.2, 0) is 37.3 Å². The average Bonchev–Trinajstić information content (AvgIpc) is 3.25. The van der Waals surface area contributed by atoms with Crippen molar-refractivity contribution < 1.29 is 14.4 Å². The second kappa shape index (κ2) is 11.6. The number of hydrogen-bond acceptors (Lipinski definition) is 5. The fraction of sp³-hybridized carbons (Fsp3) is 0.516. The third kappa shape index (κ3) is 6.37. The molecule has 2 aromatic carbocycles. The number of nitro benzene ring substituents is 1. The van der Waals surface area contributed by atoms with Gasteiger partial charge in [-0.15, -0.1) is 0 Å². The van der Waals surface area contributed by atoms with Crippen LogP contribution in [0.4, 0.5) is 5.69 Å². The molecule has 7 nitrogen and oxygen atoms in total. The Morgan fingerprint density at radius 2 is 1.66 bits per heavy atom. The smallest absolute Gasteiger partial charge is 0.270 e. The largest absolute Gasteiger partial charge is 0.496 e. The first-order valence-corrected chi connectivity index (χ1v) is 13.4. The van der Waals surface area contributed by atoms with Crippen LogP contribution < -0.4 is 9.47 Å². The maximum Gasteiger partial charge on any atom is 0.270 e. The normalized spacial score (nSPS) is 12.0. The van der Waals surface area contributed by atoms with Crippen molar-refractivity contribution in [2.45, 2.75) is 91.6 Å². The number of nitro groups is 1. The van der Waals surface area contributed by atoms with Crippen LogP contribution in [0, 0.1) is 10.1 Å². The average molecular weight is 522 g/mol. The van der Waals surface area contributed by atoms with E-state index in [0.717, 1.165) is 46.7 Å². The van der Waals surface area contributed by atoms with Crippen LogP contribution in [0.25, 0.3) is 0 Å². The number of nitrogens with zero attached hydrogens (tertiary/aromatic N) is 3. The van der Waals surface area contributed by atoms with Gasteiger partial charge in [0.15, 0.2) is 0 Å². The molecule has 0 aliphatic rings. The Morgan fingerprint density at radius 1 is 1.00 bits per heavy atom. The van der Waals surface area contributed by atoms with Crippen molar-refractivity contribution in [1.29, 1.82) is 0 Å². The standard InChI is InChI=1S/C31H43N3O4/c1-10-12-31(6,7)26-19-24(30(3,4)5)16-22(29(26)38-20-27-32-13-14-33(27)8)15-23-18-25(34(35)36)17-21(11-2)28(23)37-9/h13-14,16-19H,10-12,15,20H2,1-9H3. The van der Waals surface area contributed by atoms with E-state index in [4.69, 9.17) is 9.47 Å². The van der Waals surface area contributed by atoms with Crippen LogP contribution in [-0.4, -0.2) is 21.6 Å². The molecule has 7 heteroatoms. The SMILES string of the molecule is CCCC(C)(C)c1cc(C(C)(C)C)cc(Cc2cc([N+](=O)[O-])cc(CC)c2OC)c1OCc1nccn1C. The zero-order chi connectivity index (χ0) is 28.3. The lowest BCUT2D eigenvalue weighted by molar-refractivity contribution is -0.385. The molecule has 1 heterocycles. The number of aromatic nitrogens is 2. The van der Waals surface area contributed by atoms with Crippen molar-refractivity contribution in [3.05, 3.63) is 80.4 Å². The molecule has 0 aliphatic heterocycles. The molecule has 0 unspecified atom stereocenters. The first kappa shape index (κ1) is 29.2. The van der Waals surface area contributed by atoms with Crippen LogP contribution >= 0.6 is 0 Å². The number of hydrogen-bond donors (Lipinski definition) is 0. The number of methoxy groups -OCH3 is 1. The Labute approximate surface area is 227 Å². The summed E-state index contributed by atoms with van der Waals surface area (Å²) in [6, 6.07) is 7.74. The highest BCUT2D eigenvalue weighted by Crippen LogP contribution is 2.43. The Kier molecular flexibility index (Phi) is 8.90. The summed E-state index contributed by atoms with van der Waals surface area (Å²) in [6.45, 7) is 15.7. The molecule has 0 bridgehead atoms. The van der Waals surface area contributed by atoms with Gasteiger partial charge in [0.2, 0.25) is 0 Å². The topological polar surface area (TPSA) is 79.4 Å². The van der Waals surface area contributed by atoms with E-state index in [2.05, 4.69) is 58.7 Å². The fourth-order valence-corrected chi connectivity index (χ4v) is 5.06. The van der Waals surface area contributed by atoms with Crippen molar-refractivity contribution in [3.8, 4) is 11.5 Å². The Morgan fingerprint density at radius 3 is 2.18 bits per heavy atom. The van der Waals surface area contributed by atoms with Crippen molar-refractivity contribution >= 4 is 5.69 Å². The first-order chi connectivity index (χ1) is 17.8. The molecule has 38 heavy (non-hydrogen) atoms. The summed E-state index contributed by atoms with van der Waals surface area (Å²) < 4.78 is 14.4. The molecule has 206 valence electrons. The minimum atomic E-state index is -0.331. The summed E-state index contributed by atoms with van der Waals surface area (Å²) in [6.07, 6.45) is 6.80. The van der Waals surface area contributed by atoms with Crippen molar-refractivity contribution in [3.63, 3.8) is 0 Å². The number of non-ortho nitro benzene ring substituents is 1. The molecular weight excluding hydrogens is 478 g/mol. The zero-order valence-electron chi connectivity index (χ0n) is 24.5. The van der Waals surface area contributed by atoms with Crippen LogP contribution in [0.2, 0.25) is 0 Å². The maximum absolute atomic E-state index is 11.8. The lowest BCUT2D eigenvalue weighted by Gasteiger charge is -2.32. The van der Waals surface area contributed by atoms with Gasteiger partial charge < -0.3 is 14.0 Å². The lowest BCUT2D eigenvalue weighted by atomic mass is 9.75. The molecule has 3 rings (SSSR count). The molecule has 0 saturated heterocycles. The van der Waals surface area contributed by atoms with Crippen LogP contribution in [0.1, 0.15) is 94.9 Å². The van der Waals surface area contributed by atoms with Gasteiger partial charge in [-0.25, -0.2) is 4.98 Å². The van der Waals surface area contributed by atoms with Gasteiger partial charge >= 0.3 is 0 Å². The predicted octanol–water partition coefficient (Wildman–Crippen LogP) is 7.44. The van der Waals surface area contributed by atoms with Crippen molar-refractivity contribution in [2.75, 3.05) is 7.11 Å². The van der Waals surface area contributed by atoms with Crippen LogP contribution in [0.3, 0.4) is 0 Å². The van der Waals surface area contributed by atoms with Gasteiger partial charge in [-0.3, -0.25) is 10.1 Å². The summed E-state index contributed by atoms with van der Waals surface area (Å²) in [5.41, 5.74) is 4.80. The Hall–Kier alpha value is -3.35. The van der Waals surface area contributed by atoms with Gasteiger partial charge in [0, 0.05) is 54.7 Å². The second-order valence-electron chi connectivity index (χ2n) is 11.7. The molecular formula is C31H43N3O4. The molecule has 0 saturated carbocycles. The van der Waals surface area contributed by atoms with E-state index in [9.17, 15) is 10.1 Å². The summed E-state index contributed by atoms with van der Waals surface area (Å²) in [5.74, 6) is 2.35. The van der Waals surface area contributed by atoms with Gasteiger partial charge in [-0.1, -0.05) is 67.0 Å². The van der Waals surface area contributed by atoms with Crippen LogP contribution in [0.15, 0.2) is 36.7 Å². The zero-order valence-corrected chi connectivity index (χ0v) is 24.5. The third-order valence-electron chi connectivity index (χ3n) is 7.31. The van der Waals surface area contributed by atoms with E-state index < -0.39 is 0 Å². The number of imidazole rings is 1. The van der Waals surface area contributed by atoms with E-state index in [1.165, 1.54) is 5.56 Å². The number of benzene rings is 2. The quantitative estimate of drug-likeness (QED) is 0.193.